The Morgan fingerprint density at radius 3 is 2.16 bits per heavy atom. The fourth-order valence-corrected chi connectivity index (χ4v) is 3.18. The zero-order valence-electron chi connectivity index (χ0n) is 10.7. The van der Waals surface area contributed by atoms with Crippen LogP contribution in [0.15, 0.2) is 8.95 Å². The van der Waals surface area contributed by atoms with E-state index in [4.69, 9.17) is 9.47 Å². The number of methoxy groups -OCH3 is 2. The van der Waals surface area contributed by atoms with Gasteiger partial charge in [-0.05, 0) is 38.8 Å². The number of carbonyl (C=O) groups is 1. The first-order valence-electron chi connectivity index (χ1n) is 5.38. The number of aliphatic hydroxyl groups excluding tert-OH is 1. The van der Waals surface area contributed by atoms with E-state index in [9.17, 15) is 15.0 Å². The highest BCUT2D eigenvalue weighted by Crippen LogP contribution is 2.49. The van der Waals surface area contributed by atoms with Gasteiger partial charge in [0, 0.05) is 6.42 Å². The van der Waals surface area contributed by atoms with Crippen LogP contribution < -0.4 is 9.47 Å². The lowest BCUT2D eigenvalue weighted by Crippen LogP contribution is -2.12. The number of benzene rings is 1. The van der Waals surface area contributed by atoms with Gasteiger partial charge in [0.2, 0.25) is 0 Å². The van der Waals surface area contributed by atoms with Crippen molar-refractivity contribution in [1.82, 2.24) is 0 Å². The molecule has 0 unspecified atom stereocenters. The molecule has 0 aromatic heterocycles. The smallest absolute Gasteiger partial charge is 0.173 e. The van der Waals surface area contributed by atoms with E-state index < -0.39 is 11.9 Å². The average molecular weight is 398 g/mol. The first-order valence-corrected chi connectivity index (χ1v) is 6.96. The largest absolute Gasteiger partial charge is 0.506 e. The molecule has 0 radical (unpaired) electrons. The quantitative estimate of drug-likeness (QED) is 0.747. The molecule has 0 saturated heterocycles. The summed E-state index contributed by atoms with van der Waals surface area (Å²) in [6.07, 6.45) is -0.925. The summed E-state index contributed by atoms with van der Waals surface area (Å²) in [5, 5.41) is 19.4. The summed E-state index contributed by atoms with van der Waals surface area (Å²) in [5.41, 5.74) is 0.00273. The molecule has 0 spiro atoms. The summed E-state index contributed by atoms with van der Waals surface area (Å²) in [4.78, 5) is 12.1. The Labute approximate surface area is 127 Å². The van der Waals surface area contributed by atoms with Crippen LogP contribution in [-0.2, 0) is 0 Å². The molecule has 7 heteroatoms. The maximum Gasteiger partial charge on any atom is 0.173 e. The normalized spacial score (nSPS) is 12.1. The Bertz CT molecular complexity index is 500. The fraction of sp³-hybridized carbons (Fsp3) is 0.417. The Kier molecular flexibility index (Phi) is 5.64. The van der Waals surface area contributed by atoms with Crippen LogP contribution in [-0.4, -0.2) is 36.3 Å². The first kappa shape index (κ1) is 16.3. The SMILES string of the molecule is COc1c(Br)c(O)c(C(=O)C[C@@H](C)O)c(OC)c1Br. The van der Waals surface area contributed by atoms with Crippen LogP contribution >= 0.6 is 31.9 Å². The second-order valence-corrected chi connectivity index (χ2v) is 5.48. The molecule has 5 nitrogen and oxygen atoms in total. The summed E-state index contributed by atoms with van der Waals surface area (Å²) in [6, 6.07) is 0. The second-order valence-electron chi connectivity index (χ2n) is 3.89. The molecule has 0 fully saturated rings. The lowest BCUT2D eigenvalue weighted by molar-refractivity contribution is 0.0895. The van der Waals surface area contributed by atoms with Crippen LogP contribution in [0.4, 0.5) is 0 Å². The number of ketones is 1. The third-order valence-electron chi connectivity index (χ3n) is 2.44. The monoisotopic (exact) mass is 396 g/mol. The molecule has 106 valence electrons. The molecule has 1 aromatic rings. The number of carbonyl (C=O) groups excluding carboxylic acids is 1. The third-order valence-corrected chi connectivity index (χ3v) is 3.89. The molecule has 0 saturated carbocycles. The summed E-state index contributed by atoms with van der Waals surface area (Å²) < 4.78 is 10.9. The number of phenols is 1. The third kappa shape index (κ3) is 3.21. The average Bonchev–Trinajstić information content (AvgIpc) is 2.33. The number of aliphatic hydroxyl groups is 1. The molecular weight excluding hydrogens is 384 g/mol. The molecular formula is C12H14Br2O5. The maximum atomic E-state index is 12.1. The van der Waals surface area contributed by atoms with Crippen molar-refractivity contribution in [3.05, 3.63) is 14.5 Å². The molecule has 2 N–H and O–H groups in total. The highest BCUT2D eigenvalue weighted by Gasteiger charge is 2.27. The highest BCUT2D eigenvalue weighted by atomic mass is 79.9. The fourth-order valence-electron chi connectivity index (χ4n) is 1.63. The number of aromatic hydroxyl groups is 1. The standard InChI is InChI=1S/C12H14Br2O5/c1-5(15)4-6(16)7-10(17)8(13)12(19-3)9(14)11(7)18-2/h5,15,17H,4H2,1-3H3/t5-/m1/s1. The lowest BCUT2D eigenvalue weighted by atomic mass is 10.0. The molecule has 0 amide bonds. The number of hydrogen-bond donors (Lipinski definition) is 2. The molecule has 0 aliphatic carbocycles. The van der Waals surface area contributed by atoms with E-state index in [0.29, 0.717) is 10.2 Å². The van der Waals surface area contributed by atoms with E-state index >= 15 is 0 Å². The molecule has 0 aliphatic rings. The number of phenolic OH excluding ortho intramolecular Hbond substituents is 1. The molecule has 0 aliphatic heterocycles. The Morgan fingerprint density at radius 1 is 1.21 bits per heavy atom. The molecule has 1 rings (SSSR count). The van der Waals surface area contributed by atoms with Gasteiger partial charge in [-0.15, -0.1) is 0 Å². The minimum atomic E-state index is -0.809. The van der Waals surface area contributed by atoms with Crippen molar-refractivity contribution in [2.45, 2.75) is 19.4 Å². The van der Waals surface area contributed by atoms with Crippen LogP contribution in [0.25, 0.3) is 0 Å². The van der Waals surface area contributed by atoms with Crippen LogP contribution in [0.3, 0.4) is 0 Å². The predicted octanol–water partition coefficient (Wildman–Crippen LogP) is 2.89. The predicted molar refractivity (Wildman–Crippen MR) is 77.2 cm³/mol. The topological polar surface area (TPSA) is 76.0 Å². The van der Waals surface area contributed by atoms with Gasteiger partial charge in [0.1, 0.15) is 20.3 Å². The van der Waals surface area contributed by atoms with Crippen molar-refractivity contribution >= 4 is 37.6 Å². The lowest BCUT2D eigenvalue weighted by Gasteiger charge is -2.17. The van der Waals surface area contributed by atoms with Crippen molar-refractivity contribution in [2.24, 2.45) is 0 Å². The van der Waals surface area contributed by atoms with Crippen molar-refractivity contribution in [3.63, 3.8) is 0 Å². The van der Waals surface area contributed by atoms with Crippen LogP contribution in [0.1, 0.15) is 23.7 Å². The minimum Gasteiger partial charge on any atom is -0.506 e. The summed E-state index contributed by atoms with van der Waals surface area (Å²) >= 11 is 6.43. The molecule has 0 bridgehead atoms. The zero-order chi connectivity index (χ0) is 14.7. The van der Waals surface area contributed by atoms with E-state index in [-0.39, 0.29) is 28.0 Å². The summed E-state index contributed by atoms with van der Waals surface area (Å²) in [6.45, 7) is 1.50. The minimum absolute atomic E-state index is 0.00273. The molecule has 1 aromatic carbocycles. The number of Topliss-reactive ketones (excluding diaryl/α,β-unsaturated/α-hetero) is 1. The van der Waals surface area contributed by atoms with Gasteiger partial charge >= 0.3 is 0 Å². The Hall–Kier alpha value is -0.790. The Balaban J connectivity index is 3.51. The second kappa shape index (κ2) is 6.58. The Morgan fingerprint density at radius 2 is 1.74 bits per heavy atom. The van der Waals surface area contributed by atoms with Crippen LogP contribution in [0.5, 0.6) is 17.2 Å². The van der Waals surface area contributed by atoms with E-state index in [1.807, 2.05) is 0 Å². The highest BCUT2D eigenvalue weighted by molar-refractivity contribution is 9.11. The van der Waals surface area contributed by atoms with Crippen LogP contribution in [0.2, 0.25) is 0 Å². The van der Waals surface area contributed by atoms with E-state index in [1.165, 1.54) is 21.1 Å². The van der Waals surface area contributed by atoms with Gasteiger partial charge in [-0.2, -0.15) is 0 Å². The molecule has 0 heterocycles. The van der Waals surface area contributed by atoms with Gasteiger partial charge in [-0.1, -0.05) is 0 Å². The summed E-state index contributed by atoms with van der Waals surface area (Å²) in [5.74, 6) is -0.206. The van der Waals surface area contributed by atoms with Gasteiger partial charge < -0.3 is 19.7 Å². The van der Waals surface area contributed by atoms with Crippen molar-refractivity contribution in [1.29, 1.82) is 0 Å². The number of ether oxygens (including phenoxy) is 2. The number of rotatable bonds is 5. The van der Waals surface area contributed by atoms with Gasteiger partial charge in [-0.3, -0.25) is 4.79 Å². The van der Waals surface area contributed by atoms with Gasteiger partial charge in [-0.25, -0.2) is 0 Å². The van der Waals surface area contributed by atoms with Crippen molar-refractivity contribution in [2.75, 3.05) is 14.2 Å². The maximum absolute atomic E-state index is 12.1. The first-order chi connectivity index (χ1) is 8.84. The van der Waals surface area contributed by atoms with E-state index in [2.05, 4.69) is 31.9 Å². The summed E-state index contributed by atoms with van der Waals surface area (Å²) in [7, 11) is 2.81. The number of hydrogen-bond acceptors (Lipinski definition) is 5. The molecule has 1 atom stereocenters. The van der Waals surface area contributed by atoms with E-state index in [0.717, 1.165) is 0 Å². The van der Waals surface area contributed by atoms with Gasteiger partial charge in [0.05, 0.1) is 20.3 Å². The van der Waals surface area contributed by atoms with Crippen molar-refractivity contribution in [3.8, 4) is 17.2 Å². The van der Waals surface area contributed by atoms with Gasteiger partial charge in [0.25, 0.3) is 0 Å². The number of halogens is 2. The van der Waals surface area contributed by atoms with Crippen LogP contribution in [0, 0.1) is 0 Å². The van der Waals surface area contributed by atoms with E-state index in [1.54, 1.807) is 0 Å². The van der Waals surface area contributed by atoms with Gasteiger partial charge in [0.15, 0.2) is 17.3 Å². The zero-order valence-corrected chi connectivity index (χ0v) is 13.8. The van der Waals surface area contributed by atoms with Crippen molar-refractivity contribution < 1.29 is 24.5 Å². The molecule has 19 heavy (non-hydrogen) atoms.